The van der Waals surface area contributed by atoms with E-state index in [4.69, 9.17) is 21.8 Å². The molecule has 17 heavy (non-hydrogen) atoms. The van der Waals surface area contributed by atoms with E-state index in [0.717, 1.165) is 0 Å². The van der Waals surface area contributed by atoms with E-state index in [2.05, 4.69) is 5.32 Å². The molecule has 1 heterocycles. The van der Waals surface area contributed by atoms with Crippen molar-refractivity contribution >= 4 is 28.9 Å². The maximum Gasteiger partial charge on any atom is 0.258 e. The number of hydrogen-bond donors (Lipinski definition) is 2. The molecule has 0 aliphatic heterocycles. The van der Waals surface area contributed by atoms with Crippen molar-refractivity contribution in [2.45, 2.75) is 6.92 Å². The van der Waals surface area contributed by atoms with Crippen LogP contribution in [-0.2, 0) is 0 Å². The van der Waals surface area contributed by atoms with E-state index < -0.39 is 0 Å². The van der Waals surface area contributed by atoms with Gasteiger partial charge in [-0.3, -0.25) is 4.79 Å². The van der Waals surface area contributed by atoms with Crippen LogP contribution in [-0.4, -0.2) is 5.91 Å². The number of nitrogens with one attached hydrogen (secondary N) is 1. The number of carbonyl (C=O) groups excluding carboxylic acids is 1. The van der Waals surface area contributed by atoms with Gasteiger partial charge in [0.25, 0.3) is 5.91 Å². The highest BCUT2D eigenvalue weighted by Crippen LogP contribution is 2.22. The van der Waals surface area contributed by atoms with Gasteiger partial charge in [0, 0.05) is 5.69 Å². The zero-order chi connectivity index (χ0) is 12.4. The predicted octanol–water partition coefficient (Wildman–Crippen LogP) is 3.08. The van der Waals surface area contributed by atoms with Crippen molar-refractivity contribution in [3.63, 3.8) is 0 Å². The Balaban J connectivity index is 2.15. The molecule has 0 atom stereocenters. The summed E-state index contributed by atoms with van der Waals surface area (Å²) in [6.07, 6.45) is 1.41. The molecule has 1 aromatic carbocycles. The largest absolute Gasteiger partial charge is 0.469 e. The Labute approximate surface area is 103 Å². The van der Waals surface area contributed by atoms with Crippen LogP contribution in [0.1, 0.15) is 16.1 Å². The van der Waals surface area contributed by atoms with Crippen molar-refractivity contribution in [3.05, 3.63) is 46.9 Å². The number of amides is 1. The van der Waals surface area contributed by atoms with Gasteiger partial charge in [0.15, 0.2) is 0 Å². The normalized spacial score (nSPS) is 10.2. The van der Waals surface area contributed by atoms with Gasteiger partial charge >= 0.3 is 0 Å². The SMILES string of the molecule is Cc1cc(C(=O)Nc2ccc(Cl)c(N)c2)co1. The van der Waals surface area contributed by atoms with Crippen molar-refractivity contribution in [3.8, 4) is 0 Å². The lowest BCUT2D eigenvalue weighted by Gasteiger charge is -2.05. The minimum Gasteiger partial charge on any atom is -0.469 e. The summed E-state index contributed by atoms with van der Waals surface area (Å²) in [6, 6.07) is 6.58. The number of benzene rings is 1. The smallest absolute Gasteiger partial charge is 0.258 e. The van der Waals surface area contributed by atoms with Gasteiger partial charge in [-0.25, -0.2) is 0 Å². The molecule has 88 valence electrons. The maximum atomic E-state index is 11.8. The fourth-order valence-electron chi connectivity index (χ4n) is 1.39. The van der Waals surface area contributed by atoms with Gasteiger partial charge in [0.05, 0.1) is 16.3 Å². The summed E-state index contributed by atoms with van der Waals surface area (Å²) in [4.78, 5) is 11.8. The zero-order valence-electron chi connectivity index (χ0n) is 9.16. The van der Waals surface area contributed by atoms with Crippen LogP contribution >= 0.6 is 11.6 Å². The molecular weight excluding hydrogens is 240 g/mol. The summed E-state index contributed by atoms with van der Waals surface area (Å²) in [5, 5.41) is 3.16. The number of anilines is 2. The molecule has 2 rings (SSSR count). The Bertz CT molecular complexity index is 563. The van der Waals surface area contributed by atoms with Crippen molar-refractivity contribution in [2.24, 2.45) is 0 Å². The first kappa shape index (κ1) is 11.5. The van der Waals surface area contributed by atoms with Gasteiger partial charge in [0.2, 0.25) is 0 Å². The Kier molecular flexibility index (Phi) is 3.06. The second-order valence-corrected chi connectivity index (χ2v) is 4.04. The van der Waals surface area contributed by atoms with E-state index in [1.807, 2.05) is 0 Å². The van der Waals surface area contributed by atoms with E-state index in [1.165, 1.54) is 6.26 Å². The van der Waals surface area contributed by atoms with Crippen LogP contribution in [0.3, 0.4) is 0 Å². The molecule has 5 heteroatoms. The molecule has 0 unspecified atom stereocenters. The number of rotatable bonds is 2. The van der Waals surface area contributed by atoms with E-state index in [-0.39, 0.29) is 5.91 Å². The number of hydrogen-bond acceptors (Lipinski definition) is 3. The van der Waals surface area contributed by atoms with Crippen LogP contribution in [0, 0.1) is 6.92 Å². The average molecular weight is 251 g/mol. The van der Waals surface area contributed by atoms with E-state index in [0.29, 0.717) is 27.7 Å². The monoisotopic (exact) mass is 250 g/mol. The lowest BCUT2D eigenvalue weighted by atomic mass is 10.2. The van der Waals surface area contributed by atoms with Crippen LogP contribution in [0.4, 0.5) is 11.4 Å². The molecule has 0 radical (unpaired) electrons. The van der Waals surface area contributed by atoms with E-state index >= 15 is 0 Å². The Morgan fingerprint density at radius 3 is 2.76 bits per heavy atom. The van der Waals surface area contributed by atoms with Gasteiger partial charge in [-0.15, -0.1) is 0 Å². The molecule has 1 aromatic heterocycles. The van der Waals surface area contributed by atoms with Crippen LogP contribution in [0.2, 0.25) is 5.02 Å². The van der Waals surface area contributed by atoms with Crippen LogP contribution in [0.25, 0.3) is 0 Å². The Hall–Kier alpha value is -1.94. The van der Waals surface area contributed by atoms with Gasteiger partial charge in [0.1, 0.15) is 12.0 Å². The highest BCUT2D eigenvalue weighted by Gasteiger charge is 2.09. The number of carbonyl (C=O) groups is 1. The number of aryl methyl sites for hydroxylation is 1. The summed E-state index contributed by atoms with van der Waals surface area (Å²) in [7, 11) is 0. The van der Waals surface area contributed by atoms with Crippen molar-refractivity contribution in [2.75, 3.05) is 11.1 Å². The molecule has 0 fully saturated rings. The molecule has 0 aliphatic carbocycles. The lowest BCUT2D eigenvalue weighted by Crippen LogP contribution is -2.11. The van der Waals surface area contributed by atoms with Crippen LogP contribution in [0.15, 0.2) is 34.9 Å². The zero-order valence-corrected chi connectivity index (χ0v) is 9.91. The Morgan fingerprint density at radius 1 is 1.41 bits per heavy atom. The third kappa shape index (κ3) is 2.60. The third-order valence-corrected chi connectivity index (χ3v) is 2.59. The molecule has 0 saturated carbocycles. The van der Waals surface area contributed by atoms with Crippen molar-refractivity contribution in [1.29, 1.82) is 0 Å². The molecule has 4 nitrogen and oxygen atoms in total. The number of nitrogens with two attached hydrogens (primary N) is 1. The summed E-state index contributed by atoms with van der Waals surface area (Å²) in [5.41, 5.74) is 7.12. The van der Waals surface area contributed by atoms with Gasteiger partial charge in [-0.1, -0.05) is 11.6 Å². The predicted molar refractivity (Wildman–Crippen MR) is 67.3 cm³/mol. The summed E-state index contributed by atoms with van der Waals surface area (Å²) < 4.78 is 5.06. The van der Waals surface area contributed by atoms with Crippen molar-refractivity contribution < 1.29 is 9.21 Å². The quantitative estimate of drug-likeness (QED) is 0.805. The van der Waals surface area contributed by atoms with Crippen molar-refractivity contribution in [1.82, 2.24) is 0 Å². The molecule has 0 bridgehead atoms. The van der Waals surface area contributed by atoms with E-state index in [1.54, 1.807) is 31.2 Å². The van der Waals surface area contributed by atoms with Gasteiger partial charge in [-0.2, -0.15) is 0 Å². The summed E-state index contributed by atoms with van der Waals surface area (Å²) in [5.74, 6) is 0.439. The van der Waals surface area contributed by atoms with Crippen LogP contribution < -0.4 is 11.1 Å². The second-order valence-electron chi connectivity index (χ2n) is 3.64. The highest BCUT2D eigenvalue weighted by atomic mass is 35.5. The summed E-state index contributed by atoms with van der Waals surface area (Å²) in [6.45, 7) is 1.77. The minimum absolute atomic E-state index is 0.247. The molecule has 0 saturated heterocycles. The third-order valence-electron chi connectivity index (χ3n) is 2.25. The molecule has 0 aliphatic rings. The fraction of sp³-hybridized carbons (Fsp3) is 0.0833. The first-order valence-corrected chi connectivity index (χ1v) is 5.35. The standard InChI is InChI=1S/C12H11ClN2O2/c1-7-4-8(6-17-7)12(16)15-9-2-3-10(13)11(14)5-9/h2-6H,14H2,1H3,(H,15,16). The number of nitrogen functional groups attached to an aromatic ring is 1. The van der Waals surface area contributed by atoms with Gasteiger partial charge in [-0.05, 0) is 31.2 Å². The topological polar surface area (TPSA) is 68.3 Å². The van der Waals surface area contributed by atoms with Gasteiger partial charge < -0.3 is 15.5 Å². The molecule has 2 aromatic rings. The molecule has 0 spiro atoms. The number of furan rings is 1. The average Bonchev–Trinajstić information content (AvgIpc) is 2.70. The lowest BCUT2D eigenvalue weighted by molar-refractivity contribution is 0.102. The second kappa shape index (κ2) is 4.51. The highest BCUT2D eigenvalue weighted by molar-refractivity contribution is 6.33. The first-order valence-electron chi connectivity index (χ1n) is 4.98. The molecule has 3 N–H and O–H groups in total. The Morgan fingerprint density at radius 2 is 2.18 bits per heavy atom. The fourth-order valence-corrected chi connectivity index (χ4v) is 1.50. The summed E-state index contributed by atoms with van der Waals surface area (Å²) >= 11 is 5.78. The first-order chi connectivity index (χ1) is 8.06. The minimum atomic E-state index is -0.247. The van der Waals surface area contributed by atoms with E-state index in [9.17, 15) is 4.79 Å². The molecular formula is C12H11ClN2O2. The van der Waals surface area contributed by atoms with Crippen LogP contribution in [0.5, 0.6) is 0 Å². The molecule has 1 amide bonds. The number of halogens is 1. The maximum absolute atomic E-state index is 11.8.